The lowest BCUT2D eigenvalue weighted by atomic mass is 10.1. The first-order valence-corrected chi connectivity index (χ1v) is 3.72. The zero-order chi connectivity index (χ0) is 7.56. The highest BCUT2D eigenvalue weighted by Crippen LogP contribution is 2.15. The number of hydrogen-bond donors (Lipinski definition) is 1. The Labute approximate surface area is 66.8 Å². The van der Waals surface area contributed by atoms with Gasteiger partial charge >= 0.3 is 0 Å². The molecule has 1 aliphatic rings. The predicted molar refractivity (Wildman–Crippen MR) is 44.6 cm³/mol. The molecule has 2 heteroatoms. The van der Waals surface area contributed by atoms with Crippen molar-refractivity contribution < 1.29 is 0 Å². The van der Waals surface area contributed by atoms with E-state index in [-0.39, 0.29) is 0 Å². The molecule has 0 aromatic heterocycles. The van der Waals surface area contributed by atoms with Crippen LogP contribution in [0.25, 0.3) is 0 Å². The van der Waals surface area contributed by atoms with Crippen LogP contribution in [0, 0.1) is 6.42 Å². The average molecular weight is 157 g/mol. The van der Waals surface area contributed by atoms with Gasteiger partial charge in [0.1, 0.15) is 0 Å². The lowest BCUT2D eigenvalue weighted by Gasteiger charge is -2.15. The standard InChI is InChI=1S/C8H11ClN/c1-3-8-6(2)4-7(9)5-10-8/h3-4,10H,5H2,1-2H3. The Balaban J connectivity index is 2.80. The van der Waals surface area contributed by atoms with Crippen molar-refractivity contribution in [2.75, 3.05) is 6.54 Å². The van der Waals surface area contributed by atoms with Gasteiger partial charge in [-0.15, -0.1) is 0 Å². The van der Waals surface area contributed by atoms with Crippen LogP contribution in [0.2, 0.25) is 0 Å². The molecule has 10 heavy (non-hydrogen) atoms. The topological polar surface area (TPSA) is 12.0 Å². The molecule has 0 bridgehead atoms. The smallest absolute Gasteiger partial charge is 0.0505 e. The summed E-state index contributed by atoms with van der Waals surface area (Å²) in [6.07, 6.45) is 4.04. The summed E-state index contributed by atoms with van der Waals surface area (Å²) in [5.41, 5.74) is 2.39. The molecule has 1 heterocycles. The maximum atomic E-state index is 5.78. The molecule has 0 amide bonds. The maximum Gasteiger partial charge on any atom is 0.0505 e. The van der Waals surface area contributed by atoms with E-state index >= 15 is 0 Å². The molecule has 1 N–H and O–H groups in total. The average Bonchev–Trinajstić information content (AvgIpc) is 1.88. The van der Waals surface area contributed by atoms with E-state index in [1.165, 1.54) is 11.3 Å². The first-order chi connectivity index (χ1) is 4.74. The van der Waals surface area contributed by atoms with Crippen LogP contribution in [0.4, 0.5) is 0 Å². The summed E-state index contributed by atoms with van der Waals surface area (Å²) in [5.74, 6) is 0. The minimum absolute atomic E-state index is 0.762. The second kappa shape index (κ2) is 3.11. The lowest BCUT2D eigenvalue weighted by Crippen LogP contribution is -2.19. The van der Waals surface area contributed by atoms with Crippen molar-refractivity contribution in [1.29, 1.82) is 0 Å². The Morgan fingerprint density at radius 3 is 2.90 bits per heavy atom. The van der Waals surface area contributed by atoms with Gasteiger partial charge in [-0.1, -0.05) is 18.5 Å². The van der Waals surface area contributed by atoms with Gasteiger partial charge in [-0.05, 0) is 18.6 Å². The molecule has 0 saturated carbocycles. The molecule has 0 atom stereocenters. The third-order valence-corrected chi connectivity index (χ3v) is 1.78. The van der Waals surface area contributed by atoms with Gasteiger partial charge < -0.3 is 5.32 Å². The van der Waals surface area contributed by atoms with Crippen molar-refractivity contribution in [2.45, 2.75) is 13.8 Å². The summed E-state index contributed by atoms with van der Waals surface area (Å²) in [5, 5.41) is 4.07. The SMILES string of the molecule is C[CH]C1=C(C)C=C(Cl)CN1. The van der Waals surface area contributed by atoms with Crippen molar-refractivity contribution in [2.24, 2.45) is 0 Å². The Kier molecular flexibility index (Phi) is 2.39. The largest absolute Gasteiger partial charge is 0.383 e. The molecular weight excluding hydrogens is 146 g/mol. The van der Waals surface area contributed by atoms with Crippen LogP contribution in [0.5, 0.6) is 0 Å². The Morgan fingerprint density at radius 1 is 1.70 bits per heavy atom. The van der Waals surface area contributed by atoms with E-state index < -0.39 is 0 Å². The van der Waals surface area contributed by atoms with E-state index in [1.54, 1.807) is 0 Å². The quantitative estimate of drug-likeness (QED) is 0.614. The Bertz CT molecular complexity index is 191. The fourth-order valence-corrected chi connectivity index (χ4v) is 1.24. The zero-order valence-electron chi connectivity index (χ0n) is 6.24. The number of hydrogen-bond acceptors (Lipinski definition) is 1. The Hall–Kier alpha value is -0.430. The van der Waals surface area contributed by atoms with Gasteiger partial charge in [0.15, 0.2) is 0 Å². The maximum absolute atomic E-state index is 5.78. The van der Waals surface area contributed by atoms with Crippen molar-refractivity contribution in [3.63, 3.8) is 0 Å². The van der Waals surface area contributed by atoms with E-state index in [9.17, 15) is 0 Å². The highest BCUT2D eigenvalue weighted by molar-refractivity contribution is 6.30. The zero-order valence-corrected chi connectivity index (χ0v) is 7.00. The number of rotatable bonds is 1. The minimum Gasteiger partial charge on any atom is -0.383 e. The van der Waals surface area contributed by atoms with Gasteiger partial charge in [0.05, 0.1) is 6.54 Å². The van der Waals surface area contributed by atoms with Crippen LogP contribution < -0.4 is 5.32 Å². The van der Waals surface area contributed by atoms with Crippen molar-refractivity contribution in [3.05, 3.63) is 28.8 Å². The van der Waals surface area contributed by atoms with Crippen molar-refractivity contribution in [1.82, 2.24) is 5.32 Å². The molecule has 1 aliphatic heterocycles. The second-order valence-corrected chi connectivity index (χ2v) is 2.82. The number of halogens is 1. The van der Waals surface area contributed by atoms with Crippen molar-refractivity contribution >= 4 is 11.6 Å². The van der Waals surface area contributed by atoms with Crippen LogP contribution in [-0.4, -0.2) is 6.54 Å². The third-order valence-electron chi connectivity index (χ3n) is 1.53. The highest BCUT2D eigenvalue weighted by atomic mass is 35.5. The van der Waals surface area contributed by atoms with E-state index in [4.69, 9.17) is 11.6 Å². The predicted octanol–water partition coefficient (Wildman–Crippen LogP) is 2.21. The molecular formula is C8H11ClN. The molecule has 0 aromatic carbocycles. The fourth-order valence-electron chi connectivity index (χ4n) is 1.01. The van der Waals surface area contributed by atoms with Gasteiger partial charge in [0, 0.05) is 17.2 Å². The van der Waals surface area contributed by atoms with Crippen molar-refractivity contribution in [3.8, 4) is 0 Å². The van der Waals surface area contributed by atoms with Gasteiger partial charge in [0.25, 0.3) is 0 Å². The lowest BCUT2D eigenvalue weighted by molar-refractivity contribution is 0.869. The van der Waals surface area contributed by atoms with Crippen LogP contribution >= 0.6 is 11.6 Å². The molecule has 1 radical (unpaired) electrons. The summed E-state index contributed by atoms with van der Waals surface area (Å²) < 4.78 is 0. The van der Waals surface area contributed by atoms with Gasteiger partial charge in [-0.2, -0.15) is 0 Å². The molecule has 1 nitrogen and oxygen atoms in total. The monoisotopic (exact) mass is 156 g/mol. The molecule has 0 aromatic rings. The molecule has 0 unspecified atom stereocenters. The summed E-state index contributed by atoms with van der Waals surface area (Å²) in [6.45, 7) is 4.82. The van der Waals surface area contributed by atoms with Crippen LogP contribution in [0.3, 0.4) is 0 Å². The summed E-state index contributed by atoms with van der Waals surface area (Å²) in [6, 6.07) is 0. The van der Waals surface area contributed by atoms with Gasteiger partial charge in [-0.25, -0.2) is 0 Å². The van der Waals surface area contributed by atoms with Gasteiger partial charge in [-0.3, -0.25) is 0 Å². The molecule has 0 aliphatic carbocycles. The molecule has 55 valence electrons. The van der Waals surface area contributed by atoms with E-state index in [2.05, 4.69) is 11.7 Å². The van der Waals surface area contributed by atoms with Crippen LogP contribution in [0.1, 0.15) is 13.8 Å². The van der Waals surface area contributed by atoms with Crippen LogP contribution in [-0.2, 0) is 0 Å². The number of nitrogens with one attached hydrogen (secondary N) is 1. The second-order valence-electron chi connectivity index (χ2n) is 2.33. The fraction of sp³-hybridized carbons (Fsp3) is 0.375. The minimum atomic E-state index is 0.762. The van der Waals surface area contributed by atoms with E-state index in [0.29, 0.717) is 0 Å². The van der Waals surface area contributed by atoms with Crippen LogP contribution in [0.15, 0.2) is 22.4 Å². The third kappa shape index (κ3) is 1.54. The highest BCUT2D eigenvalue weighted by Gasteiger charge is 2.05. The molecule has 1 rings (SSSR count). The normalized spacial score (nSPS) is 18.5. The first kappa shape index (κ1) is 7.67. The van der Waals surface area contributed by atoms with Gasteiger partial charge in [0.2, 0.25) is 0 Å². The molecule has 0 spiro atoms. The van der Waals surface area contributed by atoms with E-state index in [1.807, 2.05) is 19.9 Å². The Morgan fingerprint density at radius 2 is 2.40 bits per heavy atom. The van der Waals surface area contributed by atoms with E-state index in [0.717, 1.165) is 11.6 Å². The number of dihydropyridines is 1. The molecule has 0 fully saturated rings. The summed E-state index contributed by atoms with van der Waals surface area (Å²) >= 11 is 5.78. The first-order valence-electron chi connectivity index (χ1n) is 3.34. The summed E-state index contributed by atoms with van der Waals surface area (Å²) in [7, 11) is 0. The molecule has 0 saturated heterocycles. The number of allylic oxidation sites excluding steroid dienone is 3. The summed E-state index contributed by atoms with van der Waals surface area (Å²) in [4.78, 5) is 0.